The van der Waals surface area contributed by atoms with Crippen LogP contribution in [0.3, 0.4) is 0 Å². The number of anilines is 1. The van der Waals surface area contributed by atoms with Gasteiger partial charge in [0.05, 0.1) is 10.5 Å². The Morgan fingerprint density at radius 2 is 1.94 bits per heavy atom. The number of nitrogens with zero attached hydrogens (tertiary/aromatic N) is 1. The number of benzene rings is 1. The van der Waals surface area contributed by atoms with Crippen molar-refractivity contribution in [2.75, 3.05) is 12.4 Å². The first-order valence-electron chi connectivity index (χ1n) is 5.81. The topological polar surface area (TPSA) is 24.9 Å². The lowest BCUT2D eigenvalue weighted by Crippen LogP contribution is -2.15. The Morgan fingerprint density at radius 1 is 1.28 bits per heavy atom. The van der Waals surface area contributed by atoms with Crippen molar-refractivity contribution in [2.45, 2.75) is 26.2 Å². The average molecular weight is 328 g/mol. The van der Waals surface area contributed by atoms with Crippen LogP contribution in [0.2, 0.25) is 5.02 Å². The third-order valence-corrected chi connectivity index (χ3v) is 3.90. The second kappa shape index (κ2) is 4.71. The number of nitrogens with one attached hydrogen (secondary N) is 1. The zero-order chi connectivity index (χ0) is 13.5. The molecular weight excluding hydrogens is 312 g/mol. The van der Waals surface area contributed by atoms with E-state index in [1.165, 1.54) is 0 Å². The van der Waals surface area contributed by atoms with Crippen LogP contribution in [-0.2, 0) is 5.41 Å². The summed E-state index contributed by atoms with van der Waals surface area (Å²) < 4.78 is 0.957. The molecule has 0 bridgehead atoms. The van der Waals surface area contributed by atoms with Gasteiger partial charge in [-0.3, -0.25) is 0 Å². The Hall–Kier alpha value is -0.800. The van der Waals surface area contributed by atoms with E-state index in [2.05, 4.69) is 53.1 Å². The predicted octanol–water partition coefficient (Wildman–Crippen LogP) is 4.99. The van der Waals surface area contributed by atoms with Gasteiger partial charge in [-0.05, 0) is 39.5 Å². The summed E-state index contributed by atoms with van der Waals surface area (Å²) in [5.41, 5.74) is 2.07. The van der Waals surface area contributed by atoms with Crippen molar-refractivity contribution in [2.24, 2.45) is 0 Å². The van der Waals surface area contributed by atoms with Crippen molar-refractivity contribution in [1.29, 1.82) is 0 Å². The van der Waals surface area contributed by atoms with Crippen LogP contribution in [0.15, 0.2) is 22.7 Å². The van der Waals surface area contributed by atoms with Gasteiger partial charge in [0.15, 0.2) is 0 Å². The highest BCUT2D eigenvalue weighted by Crippen LogP contribution is 2.36. The van der Waals surface area contributed by atoms with Crippen molar-refractivity contribution in [1.82, 2.24) is 4.98 Å². The van der Waals surface area contributed by atoms with Crippen LogP contribution in [0.1, 0.15) is 26.3 Å². The van der Waals surface area contributed by atoms with Crippen LogP contribution in [0.4, 0.5) is 5.82 Å². The second-order valence-corrected chi connectivity index (χ2v) is 6.57. The van der Waals surface area contributed by atoms with Crippen LogP contribution in [-0.4, -0.2) is 12.0 Å². The summed E-state index contributed by atoms with van der Waals surface area (Å²) >= 11 is 9.79. The summed E-state index contributed by atoms with van der Waals surface area (Å²) in [4.78, 5) is 4.68. The summed E-state index contributed by atoms with van der Waals surface area (Å²) in [6, 6.07) is 5.94. The fourth-order valence-electron chi connectivity index (χ4n) is 1.95. The van der Waals surface area contributed by atoms with E-state index in [1.54, 1.807) is 0 Å². The van der Waals surface area contributed by atoms with Crippen molar-refractivity contribution in [3.63, 3.8) is 0 Å². The van der Waals surface area contributed by atoms with Crippen LogP contribution in [0, 0.1) is 0 Å². The molecule has 0 saturated carbocycles. The molecule has 0 radical (unpaired) electrons. The lowest BCUT2D eigenvalue weighted by Gasteiger charge is -2.23. The molecule has 1 N–H and O–H groups in total. The molecule has 1 aromatic carbocycles. The van der Waals surface area contributed by atoms with Gasteiger partial charge in [-0.15, -0.1) is 0 Å². The highest BCUT2D eigenvalue weighted by Gasteiger charge is 2.20. The highest BCUT2D eigenvalue weighted by molar-refractivity contribution is 9.10. The minimum Gasteiger partial charge on any atom is -0.373 e. The Kier molecular flexibility index (Phi) is 3.56. The molecule has 0 aliphatic carbocycles. The minimum atomic E-state index is 0.0190. The van der Waals surface area contributed by atoms with Crippen molar-refractivity contribution < 1.29 is 0 Å². The van der Waals surface area contributed by atoms with E-state index in [1.807, 2.05) is 19.2 Å². The first-order chi connectivity index (χ1) is 8.34. The molecule has 0 aliphatic rings. The van der Waals surface area contributed by atoms with Crippen molar-refractivity contribution >= 4 is 44.3 Å². The fourth-order valence-corrected chi connectivity index (χ4v) is 2.60. The first-order valence-corrected chi connectivity index (χ1v) is 6.98. The molecule has 0 atom stereocenters. The van der Waals surface area contributed by atoms with E-state index in [9.17, 15) is 0 Å². The number of hydrogen-bond acceptors (Lipinski definition) is 2. The maximum atomic E-state index is 6.27. The molecule has 1 aromatic heterocycles. The quantitative estimate of drug-likeness (QED) is 0.798. The molecule has 2 nitrogen and oxygen atoms in total. The molecular formula is C14H16BrClN2. The minimum absolute atomic E-state index is 0.0190. The molecule has 2 aromatic rings. The van der Waals surface area contributed by atoms with E-state index >= 15 is 0 Å². The van der Waals surface area contributed by atoms with Gasteiger partial charge in [0.1, 0.15) is 5.82 Å². The number of hydrogen-bond donors (Lipinski definition) is 1. The summed E-state index contributed by atoms with van der Waals surface area (Å²) in [5, 5.41) is 4.88. The van der Waals surface area contributed by atoms with Crippen molar-refractivity contribution in [3.8, 4) is 0 Å². The summed E-state index contributed by atoms with van der Waals surface area (Å²) in [7, 11) is 1.89. The van der Waals surface area contributed by atoms with E-state index in [0.717, 1.165) is 31.8 Å². The number of rotatable bonds is 1. The Bertz CT molecular complexity index is 603. The lowest BCUT2D eigenvalue weighted by atomic mass is 9.86. The second-order valence-electron chi connectivity index (χ2n) is 5.31. The molecule has 2 rings (SSSR count). The maximum Gasteiger partial charge on any atom is 0.130 e. The molecule has 1 heterocycles. The number of aromatic nitrogens is 1. The molecule has 18 heavy (non-hydrogen) atoms. The number of halogens is 2. The van der Waals surface area contributed by atoms with E-state index in [0.29, 0.717) is 0 Å². The van der Waals surface area contributed by atoms with Gasteiger partial charge in [-0.25, -0.2) is 4.98 Å². The smallest absolute Gasteiger partial charge is 0.130 e. The largest absolute Gasteiger partial charge is 0.373 e. The van der Waals surface area contributed by atoms with Gasteiger partial charge in [-0.2, -0.15) is 0 Å². The molecule has 0 unspecified atom stereocenters. The SMILES string of the molecule is CNc1nc2c(Br)ccc(Cl)c2cc1C(C)(C)C. The highest BCUT2D eigenvalue weighted by atomic mass is 79.9. The Labute approximate surface area is 121 Å². The van der Waals surface area contributed by atoms with Crippen LogP contribution in [0.5, 0.6) is 0 Å². The van der Waals surface area contributed by atoms with Crippen LogP contribution < -0.4 is 5.32 Å². The fraction of sp³-hybridized carbons (Fsp3) is 0.357. The third-order valence-electron chi connectivity index (χ3n) is 2.93. The molecule has 4 heteroatoms. The van der Waals surface area contributed by atoms with Gasteiger partial charge in [0.2, 0.25) is 0 Å². The summed E-state index contributed by atoms with van der Waals surface area (Å²) in [6.45, 7) is 6.51. The molecule has 96 valence electrons. The molecule has 0 aliphatic heterocycles. The van der Waals surface area contributed by atoms with Crippen LogP contribution >= 0.6 is 27.5 Å². The monoisotopic (exact) mass is 326 g/mol. The molecule has 0 spiro atoms. The zero-order valence-electron chi connectivity index (χ0n) is 10.9. The van der Waals surface area contributed by atoms with Gasteiger partial charge < -0.3 is 5.32 Å². The van der Waals surface area contributed by atoms with Crippen LogP contribution in [0.25, 0.3) is 10.9 Å². The van der Waals surface area contributed by atoms with Gasteiger partial charge in [-0.1, -0.05) is 32.4 Å². The molecule has 0 saturated heterocycles. The number of pyridine rings is 1. The normalized spacial score (nSPS) is 11.9. The Balaban J connectivity index is 2.86. The van der Waals surface area contributed by atoms with Gasteiger partial charge >= 0.3 is 0 Å². The standard InChI is InChI=1S/C14H16BrClN2/c1-14(2,3)9-7-8-11(16)6-5-10(15)12(8)18-13(9)17-4/h5-7H,1-4H3,(H,17,18). The van der Waals surface area contributed by atoms with E-state index in [4.69, 9.17) is 11.6 Å². The summed E-state index contributed by atoms with van der Waals surface area (Å²) in [5.74, 6) is 0.901. The number of fused-ring (bicyclic) bond motifs is 1. The van der Waals surface area contributed by atoms with E-state index in [-0.39, 0.29) is 5.41 Å². The van der Waals surface area contributed by atoms with E-state index < -0.39 is 0 Å². The Morgan fingerprint density at radius 3 is 2.50 bits per heavy atom. The average Bonchev–Trinajstić information content (AvgIpc) is 2.31. The predicted molar refractivity (Wildman–Crippen MR) is 82.7 cm³/mol. The lowest BCUT2D eigenvalue weighted by molar-refractivity contribution is 0.591. The van der Waals surface area contributed by atoms with Gasteiger partial charge in [0, 0.05) is 22.5 Å². The van der Waals surface area contributed by atoms with Crippen molar-refractivity contribution in [3.05, 3.63) is 33.3 Å². The molecule has 0 fully saturated rings. The summed E-state index contributed by atoms with van der Waals surface area (Å²) in [6.07, 6.45) is 0. The zero-order valence-corrected chi connectivity index (χ0v) is 13.3. The maximum absolute atomic E-state index is 6.27. The third kappa shape index (κ3) is 2.34. The van der Waals surface area contributed by atoms with Gasteiger partial charge in [0.25, 0.3) is 0 Å². The first kappa shape index (κ1) is 13.6. The molecule has 0 amide bonds.